The van der Waals surface area contributed by atoms with Gasteiger partial charge in [-0.2, -0.15) is 8.42 Å². The normalized spacial score (nSPS) is 12.3. The van der Waals surface area contributed by atoms with Crippen LogP contribution < -0.4 is 33.6 Å². The Morgan fingerprint density at radius 3 is 1.07 bits per heavy atom. The third kappa shape index (κ3) is 10.5. The van der Waals surface area contributed by atoms with Crippen LogP contribution in [0.4, 0.5) is 45.5 Å². The number of hydrogen-bond acceptors (Lipinski definition) is 10. The molecule has 366 valence electrons. The van der Waals surface area contributed by atoms with Gasteiger partial charge in [0.25, 0.3) is 10.1 Å². The van der Waals surface area contributed by atoms with Crippen molar-refractivity contribution in [3.05, 3.63) is 218 Å². The van der Waals surface area contributed by atoms with E-state index in [1.54, 1.807) is 64.5 Å². The summed E-state index contributed by atoms with van der Waals surface area (Å²) in [5.41, 5.74) is 12.3. The first kappa shape index (κ1) is 48.5. The highest BCUT2D eigenvalue weighted by Crippen LogP contribution is 2.51. The molecule has 10 rings (SSSR count). The Morgan fingerprint density at radius 2 is 0.753 bits per heavy atom. The van der Waals surface area contributed by atoms with Gasteiger partial charge in [-0.25, -0.2) is 0 Å². The Bertz CT molecular complexity index is 3150. The maximum Gasteiger partial charge on any atom is 0.272 e. The molecule has 0 aliphatic carbocycles. The SMILES string of the molecule is COc1ccc(N(c2ccc(OC)cc2)c2ccc(-c3ccc4c(c3)N(CCC(c3ccccc3)S(=O)(=O)O)c3cc(-c5ccc(N(c6ccc(OC)cc6)c6ccc(OC)cc6)cc5)ccc3S4)cc2)cc1. The zero-order valence-corrected chi connectivity index (χ0v) is 42.4. The first-order valence-corrected chi connectivity index (χ1v) is 26.0. The molecule has 10 nitrogen and oxygen atoms in total. The van der Waals surface area contributed by atoms with Crippen LogP contribution in [0.25, 0.3) is 22.3 Å². The van der Waals surface area contributed by atoms with E-state index in [1.807, 2.05) is 103 Å². The van der Waals surface area contributed by atoms with Crippen molar-refractivity contribution >= 4 is 67.4 Å². The number of anilines is 8. The Labute approximate surface area is 431 Å². The number of nitrogens with zero attached hydrogens (tertiary/aromatic N) is 3. The summed E-state index contributed by atoms with van der Waals surface area (Å²) in [5.74, 6) is 3.09. The van der Waals surface area contributed by atoms with Crippen molar-refractivity contribution < 1.29 is 31.9 Å². The summed E-state index contributed by atoms with van der Waals surface area (Å²) >= 11 is 1.69. The lowest BCUT2D eigenvalue weighted by Gasteiger charge is -2.34. The minimum absolute atomic E-state index is 0.142. The van der Waals surface area contributed by atoms with Crippen LogP contribution in [0.1, 0.15) is 17.2 Å². The summed E-state index contributed by atoms with van der Waals surface area (Å²) in [5, 5.41) is -1.12. The largest absolute Gasteiger partial charge is 0.497 e. The molecule has 0 amide bonds. The molecule has 1 aliphatic rings. The molecule has 1 N–H and O–H groups in total. The van der Waals surface area contributed by atoms with Gasteiger partial charge in [0.2, 0.25) is 0 Å². The van der Waals surface area contributed by atoms with Crippen LogP contribution in [0, 0.1) is 0 Å². The van der Waals surface area contributed by atoms with Gasteiger partial charge in [0.1, 0.15) is 28.2 Å². The van der Waals surface area contributed by atoms with Crippen molar-refractivity contribution in [3.8, 4) is 45.3 Å². The molecule has 1 unspecified atom stereocenters. The Balaban J connectivity index is 1.01. The Hall–Kier alpha value is -8.16. The summed E-state index contributed by atoms with van der Waals surface area (Å²) in [6, 6.07) is 70.8. The zero-order valence-electron chi connectivity index (χ0n) is 40.8. The van der Waals surface area contributed by atoms with E-state index in [2.05, 4.69) is 99.6 Å². The quantitative estimate of drug-likeness (QED) is 0.0883. The van der Waals surface area contributed by atoms with Gasteiger partial charge in [-0.1, -0.05) is 78.5 Å². The van der Waals surface area contributed by atoms with Crippen LogP contribution in [0.5, 0.6) is 23.0 Å². The van der Waals surface area contributed by atoms with Crippen molar-refractivity contribution in [2.45, 2.75) is 21.5 Å². The fraction of sp³-hybridized carbons (Fsp3) is 0.115. The van der Waals surface area contributed by atoms with E-state index in [-0.39, 0.29) is 6.42 Å². The summed E-state index contributed by atoms with van der Waals surface area (Å²) in [6.07, 6.45) is 0.142. The second-order valence-electron chi connectivity index (χ2n) is 17.4. The minimum atomic E-state index is -4.46. The maximum absolute atomic E-state index is 13.1. The molecule has 1 heterocycles. The standard InChI is InChI=1S/C61H53N3O7S2/c1-68-53-28-20-49(21-29-53)63(50-22-30-54(69-2)31-23-50)47-16-10-42(11-17-47)45-14-36-59-57(40-45)62(39-38-61(73(65,66)67)44-8-6-5-7-9-44)58-41-46(15-37-60(58)72-59)43-12-18-48(19-13-43)64(51-24-32-55(70-3)33-25-51)52-26-34-56(71-4)35-27-52/h5-37,40-41,61H,38-39H2,1-4H3,(H,65,66,67). The zero-order chi connectivity index (χ0) is 50.5. The molecule has 9 aromatic rings. The van der Waals surface area contributed by atoms with E-state index >= 15 is 0 Å². The molecule has 0 aromatic heterocycles. The summed E-state index contributed by atoms with van der Waals surface area (Å²) in [6.45, 7) is 0.308. The van der Waals surface area contributed by atoms with Crippen LogP contribution in [0.2, 0.25) is 0 Å². The molecule has 0 saturated heterocycles. The summed E-state index contributed by atoms with van der Waals surface area (Å²) in [7, 11) is 2.19. The van der Waals surface area contributed by atoms with E-state index in [0.717, 1.165) is 101 Å². The van der Waals surface area contributed by atoms with Gasteiger partial charge < -0.3 is 33.6 Å². The van der Waals surface area contributed by atoms with E-state index in [1.165, 1.54) is 0 Å². The van der Waals surface area contributed by atoms with Gasteiger partial charge in [-0.05, 0) is 180 Å². The highest BCUT2D eigenvalue weighted by Gasteiger charge is 2.30. The number of fused-ring (bicyclic) bond motifs is 2. The van der Waals surface area contributed by atoms with E-state index in [9.17, 15) is 13.0 Å². The lowest BCUT2D eigenvalue weighted by atomic mass is 10.0. The second kappa shape index (κ2) is 21.3. The molecular formula is C61H53N3O7S2. The number of hydrogen-bond donors (Lipinski definition) is 1. The summed E-state index contributed by atoms with van der Waals surface area (Å²) < 4.78 is 58.8. The van der Waals surface area contributed by atoms with Crippen molar-refractivity contribution in [2.24, 2.45) is 0 Å². The molecule has 0 fully saturated rings. The number of benzene rings is 9. The fourth-order valence-corrected chi connectivity index (χ4v) is 11.3. The minimum Gasteiger partial charge on any atom is -0.497 e. The van der Waals surface area contributed by atoms with Gasteiger partial charge in [0.05, 0.1) is 39.8 Å². The molecule has 73 heavy (non-hydrogen) atoms. The molecule has 0 bridgehead atoms. The average Bonchev–Trinajstić information content (AvgIpc) is 3.44. The van der Waals surface area contributed by atoms with Crippen LogP contribution in [-0.4, -0.2) is 48.0 Å². The van der Waals surface area contributed by atoms with E-state index in [0.29, 0.717) is 12.1 Å². The number of ether oxygens (including phenoxy) is 4. The lowest BCUT2D eigenvalue weighted by Crippen LogP contribution is -2.25. The van der Waals surface area contributed by atoms with E-state index in [4.69, 9.17) is 18.9 Å². The van der Waals surface area contributed by atoms with Crippen LogP contribution >= 0.6 is 11.8 Å². The molecule has 9 aromatic carbocycles. The van der Waals surface area contributed by atoms with Crippen molar-refractivity contribution in [2.75, 3.05) is 49.7 Å². The van der Waals surface area contributed by atoms with Gasteiger partial charge in [-0.15, -0.1) is 0 Å². The molecule has 12 heteroatoms. The molecule has 0 saturated carbocycles. The van der Waals surface area contributed by atoms with Gasteiger partial charge >= 0.3 is 0 Å². The van der Waals surface area contributed by atoms with Crippen LogP contribution in [0.15, 0.2) is 222 Å². The van der Waals surface area contributed by atoms with Crippen molar-refractivity contribution in [1.29, 1.82) is 0 Å². The molecule has 0 radical (unpaired) electrons. The molecule has 0 spiro atoms. The molecule has 1 aliphatic heterocycles. The van der Waals surface area contributed by atoms with Crippen LogP contribution in [0.3, 0.4) is 0 Å². The smallest absolute Gasteiger partial charge is 0.272 e. The monoisotopic (exact) mass is 1000 g/mol. The highest BCUT2D eigenvalue weighted by atomic mass is 32.2. The predicted molar refractivity (Wildman–Crippen MR) is 296 cm³/mol. The number of methoxy groups -OCH3 is 4. The Kier molecular flexibility index (Phi) is 14.1. The summed E-state index contributed by atoms with van der Waals surface area (Å²) in [4.78, 5) is 8.66. The highest BCUT2D eigenvalue weighted by molar-refractivity contribution is 7.99. The lowest BCUT2D eigenvalue weighted by molar-refractivity contribution is 0.414. The van der Waals surface area contributed by atoms with E-state index < -0.39 is 15.4 Å². The van der Waals surface area contributed by atoms with Gasteiger partial charge in [0.15, 0.2) is 0 Å². The Morgan fingerprint density at radius 1 is 0.438 bits per heavy atom. The second-order valence-corrected chi connectivity index (χ2v) is 20.1. The molecular weight excluding hydrogens is 951 g/mol. The molecule has 1 atom stereocenters. The van der Waals surface area contributed by atoms with Crippen molar-refractivity contribution in [1.82, 2.24) is 0 Å². The third-order valence-corrected chi connectivity index (χ3v) is 15.5. The first-order chi connectivity index (χ1) is 35.6. The van der Waals surface area contributed by atoms with Crippen LogP contribution in [-0.2, 0) is 10.1 Å². The average molecular weight is 1000 g/mol. The van der Waals surface area contributed by atoms with Gasteiger partial charge in [-0.3, -0.25) is 4.55 Å². The predicted octanol–water partition coefficient (Wildman–Crippen LogP) is 15.6. The maximum atomic E-state index is 13.1. The van der Waals surface area contributed by atoms with Crippen molar-refractivity contribution in [3.63, 3.8) is 0 Å². The van der Waals surface area contributed by atoms with Gasteiger partial charge in [0, 0.05) is 50.5 Å². The topological polar surface area (TPSA) is 101 Å². The fourth-order valence-electron chi connectivity index (χ4n) is 9.30. The third-order valence-electron chi connectivity index (χ3n) is 13.1. The number of rotatable bonds is 17. The first-order valence-electron chi connectivity index (χ1n) is 23.7.